The number of carbonyl (C=O) groups is 1. The summed E-state index contributed by atoms with van der Waals surface area (Å²) >= 11 is 1.61. The highest BCUT2D eigenvalue weighted by atomic mass is 32.2. The van der Waals surface area contributed by atoms with E-state index in [4.69, 9.17) is 5.73 Å². The SMILES string of the molecule is C=C(/C=C\C)/C(N)=C(\SC)c1ccc(-c2ccc(C3(C(=O)O)CC3)cc2)cc1. The fraction of sp³-hybridized carbons (Fsp3) is 0.208. The van der Waals surface area contributed by atoms with E-state index < -0.39 is 11.4 Å². The lowest BCUT2D eigenvalue weighted by Crippen LogP contribution is -2.19. The fourth-order valence-corrected chi connectivity index (χ4v) is 4.09. The number of hydrogen-bond donors (Lipinski definition) is 2. The van der Waals surface area contributed by atoms with Gasteiger partial charge in [-0.05, 0) is 53.8 Å². The molecule has 0 heterocycles. The summed E-state index contributed by atoms with van der Waals surface area (Å²) in [5.74, 6) is -0.724. The second-order valence-electron chi connectivity index (χ2n) is 7.01. The predicted octanol–water partition coefficient (Wildman–Crippen LogP) is 5.59. The molecule has 1 aliphatic carbocycles. The summed E-state index contributed by atoms with van der Waals surface area (Å²) in [6, 6.07) is 16.1. The maximum absolute atomic E-state index is 11.5. The molecule has 2 aromatic carbocycles. The van der Waals surface area contributed by atoms with Crippen molar-refractivity contribution in [3.05, 3.63) is 89.7 Å². The van der Waals surface area contributed by atoms with E-state index in [1.54, 1.807) is 11.8 Å². The molecule has 1 aliphatic rings. The van der Waals surface area contributed by atoms with Gasteiger partial charge in [-0.15, -0.1) is 11.8 Å². The molecule has 0 spiro atoms. The second kappa shape index (κ2) is 8.11. The normalized spacial score (nSPS) is 15.9. The molecule has 144 valence electrons. The lowest BCUT2D eigenvalue weighted by Gasteiger charge is -2.13. The smallest absolute Gasteiger partial charge is 0.314 e. The molecule has 0 radical (unpaired) electrons. The molecule has 0 saturated heterocycles. The number of allylic oxidation sites excluding steroid dienone is 2. The zero-order valence-electron chi connectivity index (χ0n) is 16.2. The first kappa shape index (κ1) is 20.0. The monoisotopic (exact) mass is 391 g/mol. The Bertz CT molecular complexity index is 949. The molecule has 28 heavy (non-hydrogen) atoms. The Morgan fingerprint density at radius 3 is 2.07 bits per heavy atom. The number of nitrogens with two attached hydrogens (primary N) is 1. The third kappa shape index (κ3) is 3.78. The molecule has 0 atom stereocenters. The van der Waals surface area contributed by atoms with E-state index in [0.29, 0.717) is 5.70 Å². The van der Waals surface area contributed by atoms with Gasteiger partial charge < -0.3 is 10.8 Å². The van der Waals surface area contributed by atoms with Gasteiger partial charge in [0.2, 0.25) is 0 Å². The molecule has 3 nitrogen and oxygen atoms in total. The number of thioether (sulfide) groups is 1. The van der Waals surface area contributed by atoms with E-state index in [9.17, 15) is 9.90 Å². The molecular weight excluding hydrogens is 366 g/mol. The molecule has 3 N–H and O–H groups in total. The highest BCUT2D eigenvalue weighted by molar-refractivity contribution is 8.07. The fourth-order valence-electron chi connectivity index (χ4n) is 3.37. The molecule has 2 aromatic rings. The van der Waals surface area contributed by atoms with Gasteiger partial charge in [-0.2, -0.15) is 0 Å². The molecule has 0 bridgehead atoms. The Morgan fingerprint density at radius 2 is 1.64 bits per heavy atom. The van der Waals surface area contributed by atoms with Gasteiger partial charge in [0.05, 0.1) is 11.1 Å². The van der Waals surface area contributed by atoms with Gasteiger partial charge in [-0.25, -0.2) is 0 Å². The third-order valence-corrected chi connectivity index (χ3v) is 6.10. The summed E-state index contributed by atoms with van der Waals surface area (Å²) < 4.78 is 0. The van der Waals surface area contributed by atoms with Crippen molar-refractivity contribution >= 4 is 22.6 Å². The van der Waals surface area contributed by atoms with Crippen LogP contribution >= 0.6 is 11.8 Å². The largest absolute Gasteiger partial charge is 0.481 e. The molecule has 0 aliphatic heterocycles. The molecule has 1 fully saturated rings. The first-order valence-corrected chi connectivity index (χ1v) is 10.5. The van der Waals surface area contributed by atoms with Crippen LogP contribution in [0.4, 0.5) is 0 Å². The standard InChI is InChI=1S/C24H25NO2S/c1-4-5-16(2)21(25)22(28-3)19-8-6-17(7-9-19)18-10-12-20(13-11-18)24(14-15-24)23(26)27/h4-13H,2,14-15,25H2,1,3H3,(H,26,27)/b5-4-,22-21+. The minimum absolute atomic E-state index is 0.659. The maximum atomic E-state index is 11.5. The van der Waals surface area contributed by atoms with Crippen LogP contribution in [0.2, 0.25) is 0 Å². The summed E-state index contributed by atoms with van der Waals surface area (Å²) in [5, 5.41) is 9.44. The van der Waals surface area contributed by atoms with Crippen LogP contribution in [-0.4, -0.2) is 17.3 Å². The van der Waals surface area contributed by atoms with Crippen molar-refractivity contribution in [2.45, 2.75) is 25.2 Å². The molecule has 1 saturated carbocycles. The van der Waals surface area contributed by atoms with Crippen molar-refractivity contribution in [3.8, 4) is 11.1 Å². The summed E-state index contributed by atoms with van der Waals surface area (Å²) in [6.07, 6.45) is 7.29. The highest BCUT2D eigenvalue weighted by Crippen LogP contribution is 2.48. The number of hydrogen-bond acceptors (Lipinski definition) is 3. The number of carboxylic acid groups (broad SMARTS) is 1. The van der Waals surface area contributed by atoms with Crippen molar-refractivity contribution in [1.29, 1.82) is 0 Å². The average Bonchev–Trinajstić information content (AvgIpc) is 3.51. The predicted molar refractivity (Wildman–Crippen MR) is 119 cm³/mol. The van der Waals surface area contributed by atoms with Crippen LogP contribution < -0.4 is 5.73 Å². The van der Waals surface area contributed by atoms with Crippen LogP contribution in [-0.2, 0) is 10.2 Å². The van der Waals surface area contributed by atoms with Crippen LogP contribution in [0.1, 0.15) is 30.9 Å². The van der Waals surface area contributed by atoms with Crippen molar-refractivity contribution in [2.24, 2.45) is 5.73 Å². The van der Waals surface area contributed by atoms with E-state index in [0.717, 1.165) is 45.6 Å². The minimum Gasteiger partial charge on any atom is -0.481 e. The van der Waals surface area contributed by atoms with Crippen molar-refractivity contribution in [1.82, 2.24) is 0 Å². The zero-order chi connectivity index (χ0) is 20.3. The van der Waals surface area contributed by atoms with Gasteiger partial charge >= 0.3 is 5.97 Å². The Labute approximate surface area is 170 Å². The maximum Gasteiger partial charge on any atom is 0.314 e. The van der Waals surface area contributed by atoms with Crippen molar-refractivity contribution in [2.75, 3.05) is 6.26 Å². The summed E-state index contributed by atoms with van der Waals surface area (Å²) in [4.78, 5) is 12.5. The Hall–Kier alpha value is -2.72. The summed E-state index contributed by atoms with van der Waals surface area (Å²) in [6.45, 7) is 5.97. The third-order valence-electron chi connectivity index (χ3n) is 5.24. The van der Waals surface area contributed by atoms with Gasteiger partial charge in [-0.3, -0.25) is 4.79 Å². The Balaban J connectivity index is 1.85. The molecule has 0 aromatic heterocycles. The van der Waals surface area contributed by atoms with Crippen molar-refractivity contribution < 1.29 is 9.90 Å². The van der Waals surface area contributed by atoms with E-state index >= 15 is 0 Å². The molecule has 0 amide bonds. The number of benzene rings is 2. The van der Waals surface area contributed by atoms with Gasteiger partial charge in [0.25, 0.3) is 0 Å². The molecular formula is C24H25NO2S. The summed E-state index contributed by atoms with van der Waals surface area (Å²) in [5.41, 5.74) is 11.2. The highest BCUT2D eigenvalue weighted by Gasteiger charge is 2.51. The van der Waals surface area contributed by atoms with E-state index in [2.05, 4.69) is 30.8 Å². The van der Waals surface area contributed by atoms with E-state index in [1.807, 2.05) is 49.6 Å². The topological polar surface area (TPSA) is 63.3 Å². The lowest BCUT2D eigenvalue weighted by atomic mass is 9.93. The average molecular weight is 392 g/mol. The Morgan fingerprint density at radius 1 is 1.11 bits per heavy atom. The van der Waals surface area contributed by atoms with Gasteiger partial charge in [0.15, 0.2) is 0 Å². The van der Waals surface area contributed by atoms with Crippen LogP contribution in [0.5, 0.6) is 0 Å². The van der Waals surface area contributed by atoms with Crippen LogP contribution in [0.25, 0.3) is 16.0 Å². The molecule has 0 unspecified atom stereocenters. The number of rotatable bonds is 7. The quantitative estimate of drug-likeness (QED) is 0.604. The van der Waals surface area contributed by atoms with Crippen LogP contribution in [0.15, 0.2) is 78.5 Å². The first-order chi connectivity index (χ1) is 13.4. The van der Waals surface area contributed by atoms with Gasteiger partial charge in [0, 0.05) is 4.91 Å². The number of carboxylic acids is 1. The van der Waals surface area contributed by atoms with Crippen LogP contribution in [0.3, 0.4) is 0 Å². The van der Waals surface area contributed by atoms with E-state index in [1.165, 1.54) is 0 Å². The lowest BCUT2D eigenvalue weighted by molar-refractivity contribution is -0.140. The van der Waals surface area contributed by atoms with Gasteiger partial charge in [-0.1, -0.05) is 67.3 Å². The first-order valence-electron chi connectivity index (χ1n) is 9.23. The van der Waals surface area contributed by atoms with E-state index in [-0.39, 0.29) is 0 Å². The Kier molecular flexibility index (Phi) is 5.80. The van der Waals surface area contributed by atoms with Crippen molar-refractivity contribution in [3.63, 3.8) is 0 Å². The minimum atomic E-state index is -0.724. The van der Waals surface area contributed by atoms with Gasteiger partial charge in [0.1, 0.15) is 0 Å². The number of aliphatic carboxylic acids is 1. The molecule has 3 rings (SSSR count). The zero-order valence-corrected chi connectivity index (χ0v) is 17.1. The van der Waals surface area contributed by atoms with Crippen LogP contribution in [0, 0.1) is 0 Å². The summed E-state index contributed by atoms with van der Waals surface area (Å²) in [7, 11) is 0. The molecule has 4 heteroatoms. The second-order valence-corrected chi connectivity index (χ2v) is 7.83.